The molecule has 0 N–H and O–H groups in total. The fraction of sp³-hybridized carbons (Fsp3) is 0.318. The van der Waals surface area contributed by atoms with E-state index in [2.05, 4.69) is 6.07 Å². The van der Waals surface area contributed by atoms with Crippen LogP contribution in [0, 0.1) is 0 Å². The maximum absolute atomic E-state index is 13.5. The molecule has 0 saturated carbocycles. The molecular formula is C22H20N2O3S. The van der Waals surface area contributed by atoms with Crippen LogP contribution in [0.3, 0.4) is 0 Å². The van der Waals surface area contributed by atoms with Crippen molar-refractivity contribution in [2.45, 2.75) is 37.8 Å². The van der Waals surface area contributed by atoms with Crippen LogP contribution in [0.25, 0.3) is 10.2 Å². The molecule has 3 heterocycles. The predicted octanol–water partition coefficient (Wildman–Crippen LogP) is 4.13. The van der Waals surface area contributed by atoms with Gasteiger partial charge in [-0.2, -0.15) is 0 Å². The van der Waals surface area contributed by atoms with E-state index in [-0.39, 0.29) is 11.9 Å². The second-order valence-electron chi connectivity index (χ2n) is 7.63. The highest BCUT2D eigenvalue weighted by molar-refractivity contribution is 7.18. The Morgan fingerprint density at radius 2 is 2.00 bits per heavy atom. The van der Waals surface area contributed by atoms with Gasteiger partial charge in [-0.05, 0) is 43.5 Å². The number of rotatable bonds is 2. The van der Waals surface area contributed by atoms with E-state index in [1.54, 1.807) is 24.3 Å². The zero-order valence-corrected chi connectivity index (χ0v) is 16.4. The Morgan fingerprint density at radius 1 is 1.21 bits per heavy atom. The highest BCUT2D eigenvalue weighted by atomic mass is 32.1. The van der Waals surface area contributed by atoms with Crippen molar-refractivity contribution < 1.29 is 14.3 Å². The molecule has 0 aliphatic carbocycles. The lowest BCUT2D eigenvalue weighted by Gasteiger charge is -2.37. The minimum Gasteiger partial charge on any atom is -0.445 e. The molecular weight excluding hydrogens is 372 g/mol. The standard InChI is InChI=1S/C22H20N2O3S/c1-22(13-14-7-2-3-8-15(14)20(25)27-22)21(26)24-12-6-10-17(24)19-23-16-9-4-5-11-18(16)28-19/h2-5,7-9,11,17H,6,10,12-13H2,1H3. The Morgan fingerprint density at radius 3 is 2.86 bits per heavy atom. The van der Waals surface area contributed by atoms with Gasteiger partial charge in [-0.1, -0.05) is 30.3 Å². The summed E-state index contributed by atoms with van der Waals surface area (Å²) in [4.78, 5) is 32.6. The van der Waals surface area contributed by atoms with Gasteiger partial charge < -0.3 is 9.64 Å². The van der Waals surface area contributed by atoms with Crippen molar-refractivity contribution in [1.29, 1.82) is 0 Å². The molecule has 5 nitrogen and oxygen atoms in total. The molecule has 2 aliphatic rings. The van der Waals surface area contributed by atoms with E-state index in [0.29, 0.717) is 18.5 Å². The second kappa shape index (κ2) is 6.41. The lowest BCUT2D eigenvalue weighted by molar-refractivity contribution is -0.152. The van der Waals surface area contributed by atoms with Crippen molar-refractivity contribution in [2.24, 2.45) is 0 Å². The molecule has 0 spiro atoms. The lowest BCUT2D eigenvalue weighted by atomic mass is 9.88. The summed E-state index contributed by atoms with van der Waals surface area (Å²) in [7, 11) is 0. The summed E-state index contributed by atoms with van der Waals surface area (Å²) in [5.41, 5.74) is 1.21. The lowest BCUT2D eigenvalue weighted by Crippen LogP contribution is -2.53. The molecule has 28 heavy (non-hydrogen) atoms. The highest BCUT2D eigenvalue weighted by Crippen LogP contribution is 2.39. The molecule has 6 heteroatoms. The smallest absolute Gasteiger partial charge is 0.339 e. The molecule has 0 radical (unpaired) electrons. The average Bonchev–Trinajstić information content (AvgIpc) is 3.33. The van der Waals surface area contributed by atoms with Crippen molar-refractivity contribution in [3.05, 3.63) is 64.7 Å². The van der Waals surface area contributed by atoms with Gasteiger partial charge in [-0.15, -0.1) is 11.3 Å². The van der Waals surface area contributed by atoms with Gasteiger partial charge in [0.05, 0.1) is 21.8 Å². The second-order valence-corrected chi connectivity index (χ2v) is 8.69. The number of aromatic nitrogens is 1. The quantitative estimate of drug-likeness (QED) is 0.615. The Kier molecular flexibility index (Phi) is 3.98. The van der Waals surface area contributed by atoms with Crippen molar-refractivity contribution >= 4 is 33.4 Å². The summed E-state index contributed by atoms with van der Waals surface area (Å²) in [6, 6.07) is 15.3. The first kappa shape index (κ1) is 17.4. The number of likely N-dealkylation sites (tertiary alicyclic amines) is 1. The molecule has 0 bridgehead atoms. The van der Waals surface area contributed by atoms with Crippen molar-refractivity contribution in [3.8, 4) is 0 Å². The molecule has 2 unspecified atom stereocenters. The number of esters is 1. The van der Waals surface area contributed by atoms with Gasteiger partial charge in [0.1, 0.15) is 5.01 Å². The molecule has 1 fully saturated rings. The number of nitrogens with zero attached hydrogens (tertiary/aromatic N) is 2. The van der Waals surface area contributed by atoms with Gasteiger partial charge in [0.2, 0.25) is 0 Å². The number of ether oxygens (including phenoxy) is 1. The summed E-state index contributed by atoms with van der Waals surface area (Å²) in [5, 5.41) is 0.957. The van der Waals surface area contributed by atoms with Crippen LogP contribution in [-0.4, -0.2) is 33.9 Å². The SMILES string of the molecule is CC1(C(=O)N2CCCC2c2nc3ccccc3s2)Cc2ccccc2C(=O)O1. The summed E-state index contributed by atoms with van der Waals surface area (Å²) in [5.74, 6) is -0.550. The van der Waals surface area contributed by atoms with Crippen LogP contribution in [0.2, 0.25) is 0 Å². The number of fused-ring (bicyclic) bond motifs is 2. The molecule has 1 aromatic heterocycles. The van der Waals surface area contributed by atoms with Crippen LogP contribution in [-0.2, 0) is 16.0 Å². The van der Waals surface area contributed by atoms with Crippen LogP contribution in [0.4, 0.5) is 0 Å². The summed E-state index contributed by atoms with van der Waals surface area (Å²) >= 11 is 1.64. The molecule has 1 saturated heterocycles. The molecule has 1 amide bonds. The van der Waals surface area contributed by atoms with Gasteiger partial charge in [0.25, 0.3) is 5.91 Å². The third kappa shape index (κ3) is 2.71. The molecule has 5 rings (SSSR count). The molecule has 2 atom stereocenters. The van der Waals surface area contributed by atoms with E-state index in [1.165, 1.54) is 0 Å². The fourth-order valence-electron chi connectivity index (χ4n) is 4.25. The molecule has 3 aromatic rings. The number of amides is 1. The van der Waals surface area contributed by atoms with E-state index in [4.69, 9.17) is 9.72 Å². The monoisotopic (exact) mass is 392 g/mol. The summed E-state index contributed by atoms with van der Waals surface area (Å²) < 4.78 is 6.80. The Bertz CT molecular complexity index is 1060. The van der Waals surface area contributed by atoms with Gasteiger partial charge >= 0.3 is 5.97 Å². The maximum atomic E-state index is 13.5. The number of cyclic esters (lactones) is 1. The van der Waals surface area contributed by atoms with Crippen LogP contribution in [0.1, 0.15) is 46.7 Å². The Balaban J connectivity index is 1.46. The van der Waals surface area contributed by atoms with E-state index in [0.717, 1.165) is 33.6 Å². The largest absolute Gasteiger partial charge is 0.445 e. The number of para-hydroxylation sites is 1. The first-order valence-electron chi connectivity index (χ1n) is 9.53. The van der Waals surface area contributed by atoms with Crippen LogP contribution in [0.15, 0.2) is 48.5 Å². The normalized spacial score (nSPS) is 24.2. The minimum absolute atomic E-state index is 0.0578. The van der Waals surface area contributed by atoms with E-state index in [9.17, 15) is 9.59 Å². The summed E-state index contributed by atoms with van der Waals surface area (Å²) in [6.07, 6.45) is 2.20. The molecule has 2 aliphatic heterocycles. The zero-order chi connectivity index (χ0) is 19.3. The third-order valence-corrected chi connectivity index (χ3v) is 6.78. The fourth-order valence-corrected chi connectivity index (χ4v) is 5.37. The first-order chi connectivity index (χ1) is 13.5. The van der Waals surface area contributed by atoms with Crippen LogP contribution in [0.5, 0.6) is 0 Å². The average molecular weight is 392 g/mol. The van der Waals surface area contributed by atoms with Crippen LogP contribution < -0.4 is 0 Å². The Hall–Kier alpha value is -2.73. The maximum Gasteiger partial charge on any atom is 0.339 e. The number of benzene rings is 2. The summed E-state index contributed by atoms with van der Waals surface area (Å²) in [6.45, 7) is 2.39. The van der Waals surface area contributed by atoms with Crippen molar-refractivity contribution in [1.82, 2.24) is 9.88 Å². The zero-order valence-electron chi connectivity index (χ0n) is 15.6. The van der Waals surface area contributed by atoms with Crippen molar-refractivity contribution in [2.75, 3.05) is 6.54 Å². The number of carbonyl (C=O) groups excluding carboxylic acids is 2. The van der Waals surface area contributed by atoms with Crippen molar-refractivity contribution in [3.63, 3.8) is 0 Å². The number of hydrogen-bond donors (Lipinski definition) is 0. The molecule has 142 valence electrons. The topological polar surface area (TPSA) is 59.5 Å². The number of carbonyl (C=O) groups is 2. The van der Waals surface area contributed by atoms with Gasteiger partial charge in [0.15, 0.2) is 5.60 Å². The first-order valence-corrected chi connectivity index (χ1v) is 10.3. The van der Waals surface area contributed by atoms with Crippen LogP contribution >= 0.6 is 11.3 Å². The number of hydrogen-bond acceptors (Lipinski definition) is 5. The predicted molar refractivity (Wildman–Crippen MR) is 107 cm³/mol. The van der Waals surface area contributed by atoms with Gasteiger partial charge in [-0.25, -0.2) is 9.78 Å². The van der Waals surface area contributed by atoms with E-state index in [1.807, 2.05) is 41.3 Å². The highest BCUT2D eigenvalue weighted by Gasteiger charge is 2.47. The third-order valence-electron chi connectivity index (χ3n) is 5.64. The van der Waals surface area contributed by atoms with E-state index >= 15 is 0 Å². The number of thiazole rings is 1. The van der Waals surface area contributed by atoms with Gasteiger partial charge in [-0.3, -0.25) is 4.79 Å². The van der Waals surface area contributed by atoms with E-state index < -0.39 is 11.6 Å². The Labute approximate surface area is 166 Å². The molecule has 2 aromatic carbocycles. The minimum atomic E-state index is -1.18. The van der Waals surface area contributed by atoms with Gasteiger partial charge in [0, 0.05) is 13.0 Å².